The van der Waals surface area contributed by atoms with E-state index in [1.807, 2.05) is 18.2 Å². The van der Waals surface area contributed by atoms with Gasteiger partial charge in [-0.3, -0.25) is 9.79 Å². The number of nitrogens with zero attached hydrogens (tertiary/aromatic N) is 3. The molecule has 122 valence electrons. The standard InChI is InChI=1S/C18H24N4O/c1-2-3-4-8-11-22-13-19-16-17(22)20-15(21-18(16)23)12-14-9-6-5-7-10-14/h5-7,9-10,13,16-17H,2-4,8,11-12H2,1H3,(H,20,21,23). The van der Waals surface area contributed by atoms with Crippen LogP contribution in [-0.4, -0.2) is 41.7 Å². The summed E-state index contributed by atoms with van der Waals surface area (Å²) in [6.07, 6.45) is 7.10. The van der Waals surface area contributed by atoms with Crippen molar-refractivity contribution in [2.75, 3.05) is 6.54 Å². The zero-order valence-corrected chi connectivity index (χ0v) is 13.6. The number of amidine groups is 1. The SMILES string of the molecule is CCCCCCN1C=NC2C(=O)NC(Cc3ccccc3)=NC21. The summed E-state index contributed by atoms with van der Waals surface area (Å²) >= 11 is 0. The molecule has 1 N–H and O–H groups in total. The quantitative estimate of drug-likeness (QED) is 0.786. The first-order valence-electron chi connectivity index (χ1n) is 8.48. The van der Waals surface area contributed by atoms with Gasteiger partial charge < -0.3 is 10.2 Å². The van der Waals surface area contributed by atoms with Gasteiger partial charge in [-0.25, -0.2) is 4.99 Å². The highest BCUT2D eigenvalue weighted by Crippen LogP contribution is 2.20. The van der Waals surface area contributed by atoms with Gasteiger partial charge in [0.1, 0.15) is 5.84 Å². The molecule has 2 atom stereocenters. The maximum Gasteiger partial charge on any atom is 0.254 e. The number of benzene rings is 1. The number of carbonyl (C=O) groups excluding carboxylic acids is 1. The van der Waals surface area contributed by atoms with Crippen LogP contribution in [-0.2, 0) is 11.2 Å². The Morgan fingerprint density at radius 1 is 1.17 bits per heavy atom. The average Bonchev–Trinajstić information content (AvgIpc) is 2.96. The molecule has 0 saturated carbocycles. The minimum Gasteiger partial charge on any atom is -0.339 e. The van der Waals surface area contributed by atoms with E-state index in [4.69, 9.17) is 4.99 Å². The first kappa shape index (κ1) is 15.7. The van der Waals surface area contributed by atoms with Crippen LogP contribution in [0, 0.1) is 0 Å². The van der Waals surface area contributed by atoms with Gasteiger partial charge in [0.25, 0.3) is 5.91 Å². The summed E-state index contributed by atoms with van der Waals surface area (Å²) in [5.41, 5.74) is 1.15. The van der Waals surface area contributed by atoms with Gasteiger partial charge in [-0.05, 0) is 12.0 Å². The second-order valence-corrected chi connectivity index (χ2v) is 6.15. The van der Waals surface area contributed by atoms with Crippen LogP contribution in [0.1, 0.15) is 38.2 Å². The highest BCUT2D eigenvalue weighted by molar-refractivity contribution is 6.04. The van der Waals surface area contributed by atoms with Crippen molar-refractivity contribution in [1.82, 2.24) is 10.2 Å². The van der Waals surface area contributed by atoms with Crippen LogP contribution in [0.15, 0.2) is 40.3 Å². The summed E-state index contributed by atoms with van der Waals surface area (Å²) in [6, 6.07) is 9.71. The molecule has 0 radical (unpaired) electrons. The van der Waals surface area contributed by atoms with Crippen molar-refractivity contribution in [1.29, 1.82) is 0 Å². The maximum atomic E-state index is 12.3. The molecule has 2 aliphatic rings. The highest BCUT2D eigenvalue weighted by Gasteiger charge is 2.39. The van der Waals surface area contributed by atoms with E-state index in [9.17, 15) is 4.79 Å². The van der Waals surface area contributed by atoms with Gasteiger partial charge in [0, 0.05) is 13.0 Å². The molecule has 0 spiro atoms. The van der Waals surface area contributed by atoms with Crippen molar-refractivity contribution in [3.8, 4) is 0 Å². The molecular weight excluding hydrogens is 288 g/mol. The number of aliphatic imine (C=N–C) groups is 2. The van der Waals surface area contributed by atoms with Crippen molar-refractivity contribution in [3.05, 3.63) is 35.9 Å². The van der Waals surface area contributed by atoms with Crippen molar-refractivity contribution in [2.45, 2.75) is 51.2 Å². The normalized spacial score (nSPS) is 22.7. The highest BCUT2D eigenvalue weighted by atomic mass is 16.2. The van der Waals surface area contributed by atoms with Crippen molar-refractivity contribution in [2.24, 2.45) is 9.98 Å². The number of carbonyl (C=O) groups is 1. The van der Waals surface area contributed by atoms with Crippen LogP contribution in [0.25, 0.3) is 0 Å². The Kier molecular flexibility index (Phi) is 5.05. The Balaban J connectivity index is 1.65. The second kappa shape index (κ2) is 7.40. The molecule has 2 heterocycles. The molecule has 5 nitrogen and oxygen atoms in total. The van der Waals surface area contributed by atoms with Crippen molar-refractivity contribution < 1.29 is 4.79 Å². The van der Waals surface area contributed by atoms with Gasteiger partial charge in [0.15, 0.2) is 12.2 Å². The molecule has 0 aliphatic carbocycles. The Morgan fingerprint density at radius 3 is 2.78 bits per heavy atom. The number of hydrogen-bond donors (Lipinski definition) is 1. The Morgan fingerprint density at radius 2 is 2.00 bits per heavy atom. The lowest BCUT2D eigenvalue weighted by Gasteiger charge is -2.29. The average molecular weight is 312 g/mol. The fourth-order valence-corrected chi connectivity index (χ4v) is 3.03. The number of fused-ring (bicyclic) bond motifs is 1. The minimum absolute atomic E-state index is 0.0387. The number of nitrogens with one attached hydrogen (secondary N) is 1. The van der Waals surface area contributed by atoms with Crippen molar-refractivity contribution in [3.63, 3.8) is 0 Å². The van der Waals surface area contributed by atoms with E-state index in [0.29, 0.717) is 6.42 Å². The summed E-state index contributed by atoms with van der Waals surface area (Å²) in [5.74, 6) is 0.703. The van der Waals surface area contributed by atoms with Gasteiger partial charge >= 0.3 is 0 Å². The molecule has 1 aromatic rings. The van der Waals surface area contributed by atoms with Crippen LogP contribution >= 0.6 is 0 Å². The smallest absolute Gasteiger partial charge is 0.254 e. The molecular formula is C18H24N4O. The molecule has 0 fully saturated rings. The van der Waals surface area contributed by atoms with E-state index in [2.05, 4.69) is 34.3 Å². The summed E-state index contributed by atoms with van der Waals surface area (Å²) < 4.78 is 0. The molecule has 0 aromatic heterocycles. The first-order chi connectivity index (χ1) is 11.3. The summed E-state index contributed by atoms with van der Waals surface area (Å²) in [7, 11) is 0. The lowest BCUT2D eigenvalue weighted by molar-refractivity contribution is -0.122. The Labute approximate surface area is 137 Å². The summed E-state index contributed by atoms with van der Waals surface area (Å²) in [6.45, 7) is 3.12. The minimum atomic E-state index is -0.388. The monoisotopic (exact) mass is 312 g/mol. The summed E-state index contributed by atoms with van der Waals surface area (Å²) in [4.78, 5) is 23.5. The van der Waals surface area contributed by atoms with Gasteiger partial charge in [0.05, 0.1) is 6.34 Å². The molecule has 23 heavy (non-hydrogen) atoms. The topological polar surface area (TPSA) is 57.1 Å². The Hall–Kier alpha value is -2.17. The summed E-state index contributed by atoms with van der Waals surface area (Å²) in [5, 5.41) is 2.90. The van der Waals surface area contributed by atoms with E-state index in [1.165, 1.54) is 19.3 Å². The lowest BCUT2D eigenvalue weighted by Crippen LogP contribution is -2.51. The van der Waals surface area contributed by atoms with Crippen molar-refractivity contribution >= 4 is 18.1 Å². The molecule has 1 aromatic carbocycles. The number of unbranched alkanes of at least 4 members (excludes halogenated alkanes) is 3. The predicted molar refractivity (Wildman–Crippen MR) is 92.6 cm³/mol. The number of amides is 1. The van der Waals surface area contributed by atoms with Crippen LogP contribution in [0.3, 0.4) is 0 Å². The third-order valence-corrected chi connectivity index (χ3v) is 4.31. The first-order valence-corrected chi connectivity index (χ1v) is 8.48. The molecule has 2 unspecified atom stereocenters. The van der Waals surface area contributed by atoms with E-state index in [-0.39, 0.29) is 18.1 Å². The lowest BCUT2D eigenvalue weighted by atomic mass is 10.1. The van der Waals surface area contributed by atoms with Crippen LogP contribution in [0.5, 0.6) is 0 Å². The van der Waals surface area contributed by atoms with Crippen LogP contribution in [0.2, 0.25) is 0 Å². The Bertz CT molecular complexity index is 596. The molecule has 1 amide bonds. The zero-order chi connectivity index (χ0) is 16.1. The van der Waals surface area contributed by atoms with Crippen LogP contribution in [0.4, 0.5) is 0 Å². The van der Waals surface area contributed by atoms with Gasteiger partial charge in [0.2, 0.25) is 0 Å². The second-order valence-electron chi connectivity index (χ2n) is 6.15. The van der Waals surface area contributed by atoms with Crippen LogP contribution < -0.4 is 5.32 Å². The number of rotatable bonds is 7. The fourth-order valence-electron chi connectivity index (χ4n) is 3.03. The van der Waals surface area contributed by atoms with Gasteiger partial charge in [-0.1, -0.05) is 56.5 Å². The third-order valence-electron chi connectivity index (χ3n) is 4.31. The molecule has 3 rings (SSSR count). The van der Waals surface area contributed by atoms with E-state index in [0.717, 1.165) is 24.4 Å². The largest absolute Gasteiger partial charge is 0.339 e. The fraction of sp³-hybridized carbons (Fsp3) is 0.500. The molecule has 0 saturated heterocycles. The number of hydrogen-bond acceptors (Lipinski definition) is 4. The molecule has 2 aliphatic heterocycles. The van der Waals surface area contributed by atoms with Gasteiger partial charge in [-0.15, -0.1) is 0 Å². The maximum absolute atomic E-state index is 12.3. The molecule has 0 bridgehead atoms. The predicted octanol–water partition coefficient (Wildman–Crippen LogP) is 2.38. The van der Waals surface area contributed by atoms with Gasteiger partial charge in [-0.2, -0.15) is 0 Å². The zero-order valence-electron chi connectivity index (χ0n) is 13.6. The third kappa shape index (κ3) is 3.78. The van der Waals surface area contributed by atoms with E-state index < -0.39 is 0 Å². The van der Waals surface area contributed by atoms with E-state index >= 15 is 0 Å². The molecule has 5 heteroatoms. The van der Waals surface area contributed by atoms with E-state index in [1.54, 1.807) is 6.34 Å².